The van der Waals surface area contributed by atoms with Gasteiger partial charge in [0.1, 0.15) is 5.82 Å². The summed E-state index contributed by atoms with van der Waals surface area (Å²) in [6.07, 6.45) is 6.52. The van der Waals surface area contributed by atoms with Gasteiger partial charge in [0.15, 0.2) is 0 Å². The van der Waals surface area contributed by atoms with Gasteiger partial charge in [0.25, 0.3) is 5.56 Å². The lowest BCUT2D eigenvalue weighted by molar-refractivity contribution is 0.254. The van der Waals surface area contributed by atoms with Crippen molar-refractivity contribution >= 4 is 15.9 Å². The second kappa shape index (κ2) is 6.00. The fourth-order valence-corrected chi connectivity index (χ4v) is 3.20. The van der Waals surface area contributed by atoms with Crippen molar-refractivity contribution < 1.29 is 0 Å². The maximum absolute atomic E-state index is 11.8. The van der Waals surface area contributed by atoms with Gasteiger partial charge in [-0.2, -0.15) is 0 Å². The molecule has 3 nitrogen and oxygen atoms in total. The van der Waals surface area contributed by atoms with E-state index in [4.69, 9.17) is 0 Å². The molecule has 0 saturated heterocycles. The molecule has 1 fully saturated rings. The SMILES string of the molecule is CC(C)C1CCC(c2ncc(CBr)c(=O)[nH]2)CC1. The molecule has 100 valence electrons. The second-order valence-corrected chi connectivity index (χ2v) is 6.17. The van der Waals surface area contributed by atoms with Gasteiger partial charge in [-0.15, -0.1) is 0 Å². The first-order valence-electron chi connectivity index (χ1n) is 6.76. The summed E-state index contributed by atoms with van der Waals surface area (Å²) in [7, 11) is 0. The Morgan fingerprint density at radius 3 is 2.56 bits per heavy atom. The van der Waals surface area contributed by atoms with E-state index in [0.717, 1.165) is 30.5 Å². The number of alkyl halides is 1. The highest BCUT2D eigenvalue weighted by atomic mass is 79.9. The van der Waals surface area contributed by atoms with E-state index in [1.165, 1.54) is 12.8 Å². The van der Waals surface area contributed by atoms with Crippen LogP contribution in [0.25, 0.3) is 0 Å². The summed E-state index contributed by atoms with van der Waals surface area (Å²) in [5.41, 5.74) is 0.706. The van der Waals surface area contributed by atoms with Gasteiger partial charge in [-0.3, -0.25) is 4.79 Å². The third-order valence-corrected chi connectivity index (χ3v) is 4.74. The van der Waals surface area contributed by atoms with E-state index in [0.29, 0.717) is 16.8 Å². The first-order valence-corrected chi connectivity index (χ1v) is 7.88. The number of nitrogens with zero attached hydrogens (tertiary/aromatic N) is 1. The van der Waals surface area contributed by atoms with Gasteiger partial charge in [-0.1, -0.05) is 29.8 Å². The van der Waals surface area contributed by atoms with Crippen LogP contribution >= 0.6 is 15.9 Å². The van der Waals surface area contributed by atoms with Crippen molar-refractivity contribution in [2.24, 2.45) is 11.8 Å². The molecule has 1 saturated carbocycles. The lowest BCUT2D eigenvalue weighted by Gasteiger charge is -2.30. The fraction of sp³-hybridized carbons (Fsp3) is 0.714. The molecule has 0 amide bonds. The molecule has 0 spiro atoms. The number of hydrogen-bond donors (Lipinski definition) is 1. The Hall–Kier alpha value is -0.640. The molecule has 1 aromatic rings. The molecule has 2 rings (SSSR count). The largest absolute Gasteiger partial charge is 0.310 e. The van der Waals surface area contributed by atoms with Gasteiger partial charge >= 0.3 is 0 Å². The maximum Gasteiger partial charge on any atom is 0.254 e. The van der Waals surface area contributed by atoms with Crippen molar-refractivity contribution in [1.29, 1.82) is 0 Å². The van der Waals surface area contributed by atoms with Crippen molar-refractivity contribution in [3.63, 3.8) is 0 Å². The van der Waals surface area contributed by atoms with Gasteiger partial charge in [0.2, 0.25) is 0 Å². The van der Waals surface area contributed by atoms with Crippen molar-refractivity contribution in [3.8, 4) is 0 Å². The Balaban J connectivity index is 2.06. The molecule has 0 aliphatic heterocycles. The Bertz CT molecular complexity index is 447. The highest BCUT2D eigenvalue weighted by Crippen LogP contribution is 2.37. The van der Waals surface area contributed by atoms with Crippen LogP contribution < -0.4 is 5.56 Å². The van der Waals surface area contributed by atoms with E-state index >= 15 is 0 Å². The average molecular weight is 313 g/mol. The molecule has 4 heteroatoms. The van der Waals surface area contributed by atoms with Crippen LogP contribution in [0.1, 0.15) is 56.8 Å². The lowest BCUT2D eigenvalue weighted by Crippen LogP contribution is -2.22. The van der Waals surface area contributed by atoms with E-state index in [2.05, 4.69) is 39.7 Å². The smallest absolute Gasteiger partial charge is 0.254 e. The molecule has 0 aromatic carbocycles. The molecule has 1 aromatic heterocycles. The van der Waals surface area contributed by atoms with Crippen molar-refractivity contribution in [2.45, 2.75) is 50.8 Å². The number of H-pyrrole nitrogens is 1. The zero-order valence-corrected chi connectivity index (χ0v) is 12.7. The number of rotatable bonds is 3. The maximum atomic E-state index is 11.8. The molecule has 18 heavy (non-hydrogen) atoms. The predicted octanol–water partition coefficient (Wildman–Crippen LogP) is 3.59. The summed E-state index contributed by atoms with van der Waals surface area (Å²) < 4.78 is 0. The Morgan fingerprint density at radius 2 is 2.06 bits per heavy atom. The van der Waals surface area contributed by atoms with Gasteiger partial charge in [0.05, 0.1) is 0 Å². The van der Waals surface area contributed by atoms with Gasteiger partial charge in [0, 0.05) is 23.0 Å². The van der Waals surface area contributed by atoms with Crippen LogP contribution in [0.4, 0.5) is 0 Å². The number of aromatic nitrogens is 2. The summed E-state index contributed by atoms with van der Waals surface area (Å²) in [6, 6.07) is 0. The van der Waals surface area contributed by atoms with Crippen molar-refractivity contribution in [3.05, 3.63) is 27.9 Å². The highest BCUT2D eigenvalue weighted by molar-refractivity contribution is 9.08. The van der Waals surface area contributed by atoms with E-state index < -0.39 is 0 Å². The van der Waals surface area contributed by atoms with Crippen molar-refractivity contribution in [2.75, 3.05) is 0 Å². The summed E-state index contributed by atoms with van der Waals surface area (Å²) in [5.74, 6) is 2.94. The van der Waals surface area contributed by atoms with E-state index in [1.54, 1.807) is 6.20 Å². The minimum atomic E-state index is 0.00265. The van der Waals surface area contributed by atoms with Gasteiger partial charge in [-0.25, -0.2) is 4.98 Å². The van der Waals surface area contributed by atoms with Crippen LogP contribution in [-0.2, 0) is 5.33 Å². The minimum absolute atomic E-state index is 0.00265. The van der Waals surface area contributed by atoms with Crippen LogP contribution in [-0.4, -0.2) is 9.97 Å². The normalized spacial score (nSPS) is 24.4. The summed E-state index contributed by atoms with van der Waals surface area (Å²) >= 11 is 3.29. The number of halogens is 1. The van der Waals surface area contributed by atoms with Crippen LogP contribution in [0, 0.1) is 11.8 Å². The third-order valence-electron chi connectivity index (χ3n) is 4.14. The van der Waals surface area contributed by atoms with Crippen LogP contribution in [0.5, 0.6) is 0 Å². The molecule has 1 heterocycles. The highest BCUT2D eigenvalue weighted by Gasteiger charge is 2.25. The van der Waals surface area contributed by atoms with E-state index in [-0.39, 0.29) is 5.56 Å². The molecule has 0 unspecified atom stereocenters. The molecule has 0 bridgehead atoms. The fourth-order valence-electron chi connectivity index (χ4n) is 2.80. The molecular formula is C14H21BrN2O. The van der Waals surface area contributed by atoms with Gasteiger partial charge < -0.3 is 4.98 Å². The van der Waals surface area contributed by atoms with Gasteiger partial charge in [-0.05, 0) is 37.5 Å². The first kappa shape index (κ1) is 13.8. The predicted molar refractivity (Wildman–Crippen MR) is 77.0 cm³/mol. The van der Waals surface area contributed by atoms with Crippen LogP contribution in [0.3, 0.4) is 0 Å². The van der Waals surface area contributed by atoms with E-state index in [1.807, 2.05) is 0 Å². The molecule has 0 radical (unpaired) electrons. The standard InChI is InChI=1S/C14H21BrN2O/c1-9(2)10-3-5-11(6-4-10)13-16-8-12(7-15)14(18)17-13/h8-11H,3-7H2,1-2H3,(H,16,17,18). The molecule has 0 atom stereocenters. The average Bonchev–Trinajstić information content (AvgIpc) is 2.38. The Kier molecular flexibility index (Phi) is 4.60. The van der Waals surface area contributed by atoms with E-state index in [9.17, 15) is 4.79 Å². The number of aromatic amines is 1. The topological polar surface area (TPSA) is 45.8 Å². The Labute approximate surface area is 117 Å². The Morgan fingerprint density at radius 1 is 1.39 bits per heavy atom. The van der Waals surface area contributed by atoms with Crippen LogP contribution in [0.15, 0.2) is 11.0 Å². The molecule has 1 aliphatic rings. The molecular weight excluding hydrogens is 292 g/mol. The lowest BCUT2D eigenvalue weighted by atomic mass is 9.77. The monoisotopic (exact) mass is 312 g/mol. The minimum Gasteiger partial charge on any atom is -0.310 e. The number of nitrogens with one attached hydrogen (secondary N) is 1. The second-order valence-electron chi connectivity index (χ2n) is 5.61. The summed E-state index contributed by atoms with van der Waals surface area (Å²) in [4.78, 5) is 19.1. The van der Waals surface area contributed by atoms with Crippen molar-refractivity contribution in [1.82, 2.24) is 9.97 Å². The zero-order valence-electron chi connectivity index (χ0n) is 11.1. The molecule has 1 aliphatic carbocycles. The van der Waals surface area contributed by atoms with Crippen LogP contribution in [0.2, 0.25) is 0 Å². The zero-order chi connectivity index (χ0) is 13.1. The quantitative estimate of drug-likeness (QED) is 0.867. The molecule has 1 N–H and O–H groups in total. The number of hydrogen-bond acceptors (Lipinski definition) is 2. The summed E-state index contributed by atoms with van der Waals surface area (Å²) in [5, 5.41) is 0.565. The third kappa shape index (κ3) is 3.02. The first-order chi connectivity index (χ1) is 8.61. The summed E-state index contributed by atoms with van der Waals surface area (Å²) in [6.45, 7) is 4.60.